The third-order valence-corrected chi connectivity index (χ3v) is 12.5. The first kappa shape index (κ1) is 16.5. The highest BCUT2D eigenvalue weighted by molar-refractivity contribution is 7.05. The van der Waals surface area contributed by atoms with Crippen molar-refractivity contribution in [1.82, 2.24) is 0 Å². The van der Waals surface area contributed by atoms with Gasteiger partial charge in [-0.15, -0.1) is 0 Å². The first-order valence-electron chi connectivity index (χ1n) is 9.18. The molecule has 23 heavy (non-hydrogen) atoms. The lowest BCUT2D eigenvalue weighted by Crippen LogP contribution is -2.67. The van der Waals surface area contributed by atoms with Crippen molar-refractivity contribution in [2.75, 3.05) is 0 Å². The Labute approximate surface area is 143 Å². The van der Waals surface area contributed by atoms with Crippen LogP contribution in [0.5, 0.6) is 0 Å². The van der Waals surface area contributed by atoms with Gasteiger partial charge in [0.25, 0.3) is 0 Å². The quantitative estimate of drug-likeness (QED) is 0.665. The zero-order chi connectivity index (χ0) is 16.3. The molecule has 1 saturated carbocycles. The highest BCUT2D eigenvalue weighted by atomic mass is 28.3. The lowest BCUT2D eigenvalue weighted by atomic mass is 10.0. The van der Waals surface area contributed by atoms with Crippen molar-refractivity contribution in [1.29, 1.82) is 0 Å². The van der Waals surface area contributed by atoms with Crippen LogP contribution in [-0.4, -0.2) is 8.07 Å². The fourth-order valence-corrected chi connectivity index (χ4v) is 12.0. The Kier molecular flexibility index (Phi) is 4.77. The molecule has 0 amide bonds. The van der Waals surface area contributed by atoms with Gasteiger partial charge in [-0.3, -0.25) is 0 Å². The van der Waals surface area contributed by atoms with E-state index in [1.54, 1.807) is 10.4 Å². The molecule has 0 aromatic heterocycles. The SMILES string of the molecule is CC(C)(C)[Si](c1ccccc1)(c1ccccc1)C1CCCCC1. The molecular weight excluding hydrogens is 292 g/mol. The Morgan fingerprint density at radius 3 is 1.52 bits per heavy atom. The predicted molar refractivity (Wildman–Crippen MR) is 104 cm³/mol. The zero-order valence-corrected chi connectivity index (χ0v) is 15.9. The lowest BCUT2D eigenvalue weighted by molar-refractivity contribution is 0.483. The third-order valence-electron chi connectivity index (χ3n) is 5.86. The van der Waals surface area contributed by atoms with Crippen LogP contribution < -0.4 is 10.4 Å². The minimum absolute atomic E-state index is 0.317. The highest BCUT2D eigenvalue weighted by Crippen LogP contribution is 2.48. The van der Waals surface area contributed by atoms with E-state index in [2.05, 4.69) is 81.4 Å². The fourth-order valence-electron chi connectivity index (χ4n) is 5.05. The van der Waals surface area contributed by atoms with Crippen LogP contribution in [0.25, 0.3) is 0 Å². The Morgan fingerprint density at radius 1 is 0.696 bits per heavy atom. The maximum Gasteiger partial charge on any atom is 0.126 e. The van der Waals surface area contributed by atoms with Crippen molar-refractivity contribution in [3.05, 3.63) is 60.7 Å². The average molecular weight is 323 g/mol. The van der Waals surface area contributed by atoms with Gasteiger partial charge < -0.3 is 0 Å². The zero-order valence-electron chi connectivity index (χ0n) is 14.9. The molecule has 2 aromatic rings. The molecule has 1 aliphatic carbocycles. The van der Waals surface area contributed by atoms with Gasteiger partial charge in [0.2, 0.25) is 0 Å². The van der Waals surface area contributed by atoms with E-state index in [-0.39, 0.29) is 0 Å². The molecule has 0 spiro atoms. The van der Waals surface area contributed by atoms with Crippen molar-refractivity contribution in [3.8, 4) is 0 Å². The van der Waals surface area contributed by atoms with Crippen LogP contribution in [0.3, 0.4) is 0 Å². The van der Waals surface area contributed by atoms with Gasteiger partial charge in [0.05, 0.1) is 0 Å². The smallest absolute Gasteiger partial charge is 0.0625 e. The largest absolute Gasteiger partial charge is 0.126 e. The predicted octanol–water partition coefficient (Wildman–Crippen LogP) is 5.38. The molecule has 0 nitrogen and oxygen atoms in total. The van der Waals surface area contributed by atoms with Crippen molar-refractivity contribution < 1.29 is 0 Å². The molecule has 0 N–H and O–H groups in total. The van der Waals surface area contributed by atoms with Crippen molar-refractivity contribution in [3.63, 3.8) is 0 Å². The maximum atomic E-state index is 2.49. The Morgan fingerprint density at radius 2 is 1.13 bits per heavy atom. The molecule has 1 fully saturated rings. The highest BCUT2D eigenvalue weighted by Gasteiger charge is 2.52. The van der Waals surface area contributed by atoms with Crippen LogP contribution in [0.2, 0.25) is 10.6 Å². The summed E-state index contributed by atoms with van der Waals surface area (Å²) < 4.78 is 0. The summed E-state index contributed by atoms with van der Waals surface area (Å²) in [4.78, 5) is 0. The van der Waals surface area contributed by atoms with Gasteiger partial charge in [0.1, 0.15) is 8.07 Å². The molecule has 0 saturated heterocycles. The van der Waals surface area contributed by atoms with E-state index >= 15 is 0 Å². The minimum atomic E-state index is -1.85. The summed E-state index contributed by atoms with van der Waals surface area (Å²) in [5, 5.41) is 3.58. The molecule has 122 valence electrons. The lowest BCUT2D eigenvalue weighted by Gasteiger charge is -2.50. The standard InChI is InChI=1S/C22H30Si/c1-22(2,3)23(19-13-7-4-8-14-19,20-15-9-5-10-16-20)21-17-11-6-12-18-21/h4-5,7-10,13-16,21H,6,11-12,17-18H2,1-3H3. The van der Waals surface area contributed by atoms with Crippen LogP contribution in [0.4, 0.5) is 0 Å². The number of hydrogen-bond acceptors (Lipinski definition) is 0. The van der Waals surface area contributed by atoms with Gasteiger partial charge in [-0.25, -0.2) is 0 Å². The molecule has 1 aliphatic rings. The van der Waals surface area contributed by atoms with Crippen molar-refractivity contribution in [2.24, 2.45) is 0 Å². The summed E-state index contributed by atoms with van der Waals surface area (Å²) in [6.45, 7) is 7.48. The van der Waals surface area contributed by atoms with E-state index in [4.69, 9.17) is 0 Å². The second kappa shape index (κ2) is 6.65. The summed E-state index contributed by atoms with van der Waals surface area (Å²) in [7, 11) is -1.85. The molecule has 0 radical (unpaired) electrons. The van der Waals surface area contributed by atoms with E-state index < -0.39 is 8.07 Å². The molecule has 1 heteroatoms. The Bertz CT molecular complexity index is 564. The van der Waals surface area contributed by atoms with E-state index in [0.717, 1.165) is 5.54 Å². The number of hydrogen-bond donors (Lipinski definition) is 0. The van der Waals surface area contributed by atoms with Crippen LogP contribution in [0.15, 0.2) is 60.7 Å². The second-order valence-corrected chi connectivity index (χ2v) is 13.2. The molecule has 3 rings (SSSR count). The van der Waals surface area contributed by atoms with Gasteiger partial charge in [-0.05, 0) is 10.6 Å². The third kappa shape index (κ3) is 2.92. The normalized spacial score (nSPS) is 17.2. The van der Waals surface area contributed by atoms with Gasteiger partial charge in [0.15, 0.2) is 0 Å². The summed E-state index contributed by atoms with van der Waals surface area (Å²) in [6.07, 6.45) is 7.07. The Balaban J connectivity index is 2.25. The fraction of sp³-hybridized carbons (Fsp3) is 0.455. The first-order chi connectivity index (χ1) is 11.1. The van der Waals surface area contributed by atoms with Crippen LogP contribution in [0, 0.1) is 0 Å². The van der Waals surface area contributed by atoms with E-state index in [9.17, 15) is 0 Å². The summed E-state index contributed by atoms with van der Waals surface area (Å²) in [5.74, 6) is 0. The van der Waals surface area contributed by atoms with Crippen LogP contribution in [-0.2, 0) is 0 Å². The van der Waals surface area contributed by atoms with E-state index in [1.165, 1.54) is 32.1 Å². The molecule has 0 aliphatic heterocycles. The topological polar surface area (TPSA) is 0 Å². The van der Waals surface area contributed by atoms with Crippen LogP contribution in [0.1, 0.15) is 52.9 Å². The monoisotopic (exact) mass is 322 g/mol. The average Bonchev–Trinajstić information content (AvgIpc) is 2.57. The van der Waals surface area contributed by atoms with Gasteiger partial charge in [0, 0.05) is 0 Å². The minimum Gasteiger partial charge on any atom is -0.0625 e. The molecule has 0 unspecified atom stereocenters. The molecular formula is C22H30Si. The molecule has 0 atom stereocenters. The van der Waals surface area contributed by atoms with Crippen LogP contribution >= 0.6 is 0 Å². The molecule has 0 bridgehead atoms. The van der Waals surface area contributed by atoms with Crippen molar-refractivity contribution in [2.45, 2.75) is 63.5 Å². The first-order valence-corrected chi connectivity index (χ1v) is 11.3. The number of benzene rings is 2. The maximum absolute atomic E-state index is 2.49. The second-order valence-electron chi connectivity index (χ2n) is 8.12. The van der Waals surface area contributed by atoms with Gasteiger partial charge in [-0.1, -0.05) is 124 Å². The van der Waals surface area contributed by atoms with Crippen molar-refractivity contribution >= 4 is 18.4 Å². The van der Waals surface area contributed by atoms with E-state index in [0.29, 0.717) is 5.04 Å². The number of rotatable bonds is 3. The molecule has 2 aromatic carbocycles. The van der Waals surface area contributed by atoms with Gasteiger partial charge in [-0.2, -0.15) is 0 Å². The molecule has 0 heterocycles. The summed E-state index contributed by atoms with van der Waals surface area (Å²) in [5.41, 5.74) is 0.862. The van der Waals surface area contributed by atoms with E-state index in [1.807, 2.05) is 0 Å². The summed E-state index contributed by atoms with van der Waals surface area (Å²) in [6, 6.07) is 23.0. The summed E-state index contributed by atoms with van der Waals surface area (Å²) >= 11 is 0. The van der Waals surface area contributed by atoms with Gasteiger partial charge >= 0.3 is 0 Å². The Hall–Kier alpha value is -1.34.